The molecule has 0 saturated carbocycles. The van der Waals surface area contributed by atoms with Gasteiger partial charge in [-0.1, -0.05) is 11.6 Å². The maximum atomic E-state index is 12.2. The number of carboxylic acid groups (broad SMARTS) is 1. The molecule has 1 aliphatic heterocycles. The average molecular weight is 348 g/mol. The topological polar surface area (TPSA) is 101 Å². The van der Waals surface area contributed by atoms with Crippen LogP contribution in [0.2, 0.25) is 5.02 Å². The summed E-state index contributed by atoms with van der Waals surface area (Å²) in [6.45, 7) is 0.0623. The number of ether oxygens (including phenoxy) is 1. The van der Waals surface area contributed by atoms with Crippen molar-refractivity contribution in [2.24, 2.45) is 0 Å². The molecule has 120 valence electrons. The highest BCUT2D eigenvalue weighted by atomic mass is 35.5. The Morgan fingerprint density at radius 2 is 1.95 bits per heavy atom. The Hall–Kier alpha value is -1.64. The van der Waals surface area contributed by atoms with Crippen LogP contribution in [0.5, 0.6) is 0 Å². The molecule has 1 N–H and O–H groups in total. The maximum absolute atomic E-state index is 12.2. The highest BCUT2D eigenvalue weighted by Crippen LogP contribution is 2.16. The van der Waals surface area contributed by atoms with Gasteiger partial charge in [-0.2, -0.15) is 0 Å². The number of hydrogen-bond donors (Lipinski definition) is 1. The summed E-state index contributed by atoms with van der Waals surface area (Å²) in [6.07, 6.45) is -1.13. The first-order valence-electron chi connectivity index (χ1n) is 6.40. The highest BCUT2D eigenvalue weighted by Gasteiger charge is 2.31. The fraction of sp³-hybridized carbons (Fsp3) is 0.385. The first-order chi connectivity index (χ1) is 10.3. The summed E-state index contributed by atoms with van der Waals surface area (Å²) in [7, 11) is -3.80. The van der Waals surface area contributed by atoms with E-state index in [0.717, 1.165) is 0 Å². The smallest absolute Gasteiger partial charge is 0.334 e. The number of sulfone groups is 1. The Balaban J connectivity index is 2.07. The lowest BCUT2D eigenvalue weighted by Gasteiger charge is -2.30. The molecule has 2 rings (SSSR count). The monoisotopic (exact) mass is 347 g/mol. The molecule has 0 aromatic heterocycles. The number of nitrogens with zero attached hydrogens (tertiary/aromatic N) is 1. The van der Waals surface area contributed by atoms with Gasteiger partial charge >= 0.3 is 5.97 Å². The van der Waals surface area contributed by atoms with Crippen LogP contribution in [-0.2, 0) is 24.2 Å². The van der Waals surface area contributed by atoms with Crippen LogP contribution in [0.4, 0.5) is 0 Å². The molecule has 1 aliphatic rings. The van der Waals surface area contributed by atoms with E-state index < -0.39 is 33.6 Å². The van der Waals surface area contributed by atoms with Crippen LogP contribution in [0.25, 0.3) is 0 Å². The van der Waals surface area contributed by atoms with Crippen molar-refractivity contribution in [3.8, 4) is 0 Å². The molecule has 0 unspecified atom stereocenters. The average Bonchev–Trinajstić information content (AvgIpc) is 2.47. The molecule has 1 saturated heterocycles. The molecule has 1 atom stereocenters. The van der Waals surface area contributed by atoms with Gasteiger partial charge in [0.25, 0.3) is 0 Å². The lowest BCUT2D eigenvalue weighted by atomic mass is 10.3. The third-order valence-electron chi connectivity index (χ3n) is 3.18. The van der Waals surface area contributed by atoms with Gasteiger partial charge in [-0.25, -0.2) is 13.2 Å². The zero-order valence-corrected chi connectivity index (χ0v) is 13.0. The van der Waals surface area contributed by atoms with Gasteiger partial charge in [-0.05, 0) is 24.3 Å². The summed E-state index contributed by atoms with van der Waals surface area (Å²) in [5, 5.41) is 9.27. The van der Waals surface area contributed by atoms with E-state index in [-0.39, 0.29) is 24.6 Å². The largest absolute Gasteiger partial charge is 0.479 e. The van der Waals surface area contributed by atoms with Gasteiger partial charge in [-0.15, -0.1) is 0 Å². The van der Waals surface area contributed by atoms with E-state index in [4.69, 9.17) is 21.4 Å². The molecule has 0 aliphatic carbocycles. The molecule has 1 heterocycles. The van der Waals surface area contributed by atoms with E-state index in [1.807, 2.05) is 0 Å². The molecular weight excluding hydrogens is 334 g/mol. The van der Waals surface area contributed by atoms with E-state index in [1.54, 1.807) is 0 Å². The van der Waals surface area contributed by atoms with Crippen molar-refractivity contribution in [2.45, 2.75) is 11.0 Å². The third-order valence-corrected chi connectivity index (χ3v) is 5.05. The molecule has 9 heteroatoms. The summed E-state index contributed by atoms with van der Waals surface area (Å²) < 4.78 is 29.3. The Bertz CT molecular complexity index is 672. The highest BCUT2D eigenvalue weighted by molar-refractivity contribution is 7.92. The predicted octanol–water partition coefficient (Wildman–Crippen LogP) is 0.426. The summed E-state index contributed by atoms with van der Waals surface area (Å²) in [4.78, 5) is 24.1. The van der Waals surface area contributed by atoms with Crippen LogP contribution >= 0.6 is 11.6 Å². The fourth-order valence-electron chi connectivity index (χ4n) is 2.00. The molecule has 0 spiro atoms. The third kappa shape index (κ3) is 3.96. The first kappa shape index (κ1) is 16.7. The van der Waals surface area contributed by atoms with Crippen LogP contribution in [0, 0.1) is 0 Å². The molecule has 0 bridgehead atoms. The lowest BCUT2D eigenvalue weighted by Crippen LogP contribution is -2.50. The summed E-state index contributed by atoms with van der Waals surface area (Å²) in [5.41, 5.74) is 0. The summed E-state index contributed by atoms with van der Waals surface area (Å²) >= 11 is 5.70. The molecule has 22 heavy (non-hydrogen) atoms. The molecule has 1 aromatic rings. The van der Waals surface area contributed by atoms with E-state index in [2.05, 4.69) is 0 Å². The van der Waals surface area contributed by atoms with Crippen LogP contribution in [0.3, 0.4) is 0 Å². The zero-order valence-electron chi connectivity index (χ0n) is 11.4. The number of benzene rings is 1. The van der Waals surface area contributed by atoms with Gasteiger partial charge in [0.1, 0.15) is 5.75 Å². The van der Waals surface area contributed by atoms with Crippen LogP contribution in [-0.4, -0.2) is 61.9 Å². The second kappa shape index (κ2) is 6.64. The van der Waals surface area contributed by atoms with Crippen molar-refractivity contribution in [1.82, 2.24) is 4.90 Å². The predicted molar refractivity (Wildman–Crippen MR) is 77.5 cm³/mol. The second-order valence-electron chi connectivity index (χ2n) is 4.75. The Morgan fingerprint density at radius 3 is 2.55 bits per heavy atom. The number of halogens is 1. The number of morpholine rings is 1. The van der Waals surface area contributed by atoms with Crippen LogP contribution in [0.15, 0.2) is 29.2 Å². The van der Waals surface area contributed by atoms with Crippen molar-refractivity contribution in [3.05, 3.63) is 29.3 Å². The second-order valence-corrected chi connectivity index (χ2v) is 7.18. The van der Waals surface area contributed by atoms with Gasteiger partial charge in [0, 0.05) is 11.6 Å². The molecule has 1 fully saturated rings. The number of amides is 1. The van der Waals surface area contributed by atoms with Gasteiger partial charge in [0.2, 0.25) is 5.91 Å². The van der Waals surface area contributed by atoms with Gasteiger partial charge in [0.15, 0.2) is 15.9 Å². The molecule has 7 nitrogen and oxygen atoms in total. The zero-order chi connectivity index (χ0) is 16.3. The minimum Gasteiger partial charge on any atom is -0.479 e. The van der Waals surface area contributed by atoms with Gasteiger partial charge in [-0.3, -0.25) is 4.79 Å². The number of carboxylic acids is 1. The van der Waals surface area contributed by atoms with E-state index in [0.29, 0.717) is 5.02 Å². The summed E-state index contributed by atoms with van der Waals surface area (Å²) in [6, 6.07) is 5.50. The number of rotatable bonds is 4. The van der Waals surface area contributed by atoms with E-state index in [1.165, 1.54) is 29.2 Å². The van der Waals surface area contributed by atoms with Crippen LogP contribution < -0.4 is 0 Å². The van der Waals surface area contributed by atoms with Gasteiger partial charge in [0.05, 0.1) is 18.0 Å². The van der Waals surface area contributed by atoms with E-state index >= 15 is 0 Å². The van der Waals surface area contributed by atoms with Crippen molar-refractivity contribution in [2.75, 3.05) is 25.4 Å². The Morgan fingerprint density at radius 1 is 1.32 bits per heavy atom. The van der Waals surface area contributed by atoms with Crippen molar-refractivity contribution < 1.29 is 27.9 Å². The minimum absolute atomic E-state index is 0.00621. The first-order valence-corrected chi connectivity index (χ1v) is 8.43. The number of hydrogen-bond acceptors (Lipinski definition) is 5. The molecule has 1 aromatic carbocycles. The lowest BCUT2D eigenvalue weighted by molar-refractivity contribution is -0.158. The normalized spacial score (nSPS) is 19.0. The number of carbonyl (C=O) groups excluding carboxylic acids is 1. The molecule has 1 amide bonds. The minimum atomic E-state index is -3.80. The van der Waals surface area contributed by atoms with Crippen molar-refractivity contribution in [3.63, 3.8) is 0 Å². The van der Waals surface area contributed by atoms with Crippen molar-refractivity contribution in [1.29, 1.82) is 0 Å². The van der Waals surface area contributed by atoms with Crippen LogP contribution in [0.1, 0.15) is 0 Å². The molecular formula is C13H14ClNO6S. The Kier molecular flexibility index (Phi) is 5.05. The summed E-state index contributed by atoms with van der Waals surface area (Å²) in [5.74, 6) is -2.55. The Labute approximate surface area is 132 Å². The van der Waals surface area contributed by atoms with Gasteiger partial charge < -0.3 is 14.7 Å². The quantitative estimate of drug-likeness (QED) is 0.847. The number of aliphatic carboxylic acids is 1. The maximum Gasteiger partial charge on any atom is 0.334 e. The van der Waals surface area contributed by atoms with E-state index in [9.17, 15) is 18.0 Å². The SMILES string of the molecule is O=C(O)[C@@H]1CN(C(=O)CS(=O)(=O)c2ccc(Cl)cc2)CCO1. The fourth-order valence-corrected chi connectivity index (χ4v) is 3.36. The number of carbonyl (C=O) groups is 2. The van der Waals surface area contributed by atoms with Crippen molar-refractivity contribution >= 4 is 33.3 Å². The standard InChI is InChI=1S/C13H14ClNO6S/c14-9-1-3-10(4-2-9)22(19,20)8-12(16)15-5-6-21-11(7-15)13(17)18/h1-4,11H,5-8H2,(H,17,18)/t11-/m0/s1. The molecule has 0 radical (unpaired) electrons.